The second kappa shape index (κ2) is 6.11. The molecule has 0 spiro atoms. The van der Waals surface area contributed by atoms with Gasteiger partial charge in [0, 0.05) is 23.5 Å². The van der Waals surface area contributed by atoms with Crippen LogP contribution in [0, 0.1) is 5.92 Å². The van der Waals surface area contributed by atoms with Gasteiger partial charge in [0.25, 0.3) is 0 Å². The number of nitrogens with zero attached hydrogens (tertiary/aromatic N) is 2. The Hall–Kier alpha value is -1.12. The summed E-state index contributed by atoms with van der Waals surface area (Å²) in [6.07, 6.45) is 1.42. The van der Waals surface area contributed by atoms with Crippen molar-refractivity contribution in [2.45, 2.75) is 17.7 Å². The summed E-state index contributed by atoms with van der Waals surface area (Å²) in [5.74, 6) is -0.153. The summed E-state index contributed by atoms with van der Waals surface area (Å²) in [5, 5.41) is 11.7. The Bertz CT molecular complexity index is 601. The highest BCUT2D eigenvalue weighted by molar-refractivity contribution is 9.10. The Morgan fingerprint density at radius 1 is 1.40 bits per heavy atom. The summed E-state index contributed by atoms with van der Waals surface area (Å²) in [6.45, 7) is 0.696. The van der Waals surface area contributed by atoms with Gasteiger partial charge in [0.05, 0.1) is 4.90 Å². The van der Waals surface area contributed by atoms with Crippen LogP contribution in [-0.2, 0) is 10.0 Å². The molecule has 1 aromatic rings. The van der Waals surface area contributed by atoms with Crippen molar-refractivity contribution in [2.75, 3.05) is 13.1 Å². The molecule has 6 nitrogen and oxygen atoms in total. The highest BCUT2D eigenvalue weighted by atomic mass is 79.9. The standard InChI is InChI=1S/C12H16BrN3O3S/c13-10-3-5-11(6-4-10)20(18,19)16-7-1-2-9(8-16)12(14)15-17/h3-6,9,17H,1-2,7-8H2,(H2,14,15). The van der Waals surface area contributed by atoms with Gasteiger partial charge < -0.3 is 10.9 Å². The van der Waals surface area contributed by atoms with Crippen molar-refractivity contribution < 1.29 is 13.6 Å². The summed E-state index contributed by atoms with van der Waals surface area (Å²) in [5.41, 5.74) is 5.58. The number of oxime groups is 1. The molecular weight excluding hydrogens is 346 g/mol. The Labute approximate surface area is 126 Å². The number of amidine groups is 1. The number of hydrogen-bond acceptors (Lipinski definition) is 4. The van der Waals surface area contributed by atoms with Gasteiger partial charge in [-0.25, -0.2) is 8.42 Å². The maximum absolute atomic E-state index is 12.5. The SMILES string of the molecule is NC(=NO)C1CCCN(S(=O)(=O)c2ccc(Br)cc2)C1. The van der Waals surface area contributed by atoms with Gasteiger partial charge in [0.15, 0.2) is 0 Å². The van der Waals surface area contributed by atoms with Gasteiger partial charge in [-0.05, 0) is 37.1 Å². The van der Waals surface area contributed by atoms with Crippen LogP contribution in [-0.4, -0.2) is 36.9 Å². The van der Waals surface area contributed by atoms with Gasteiger partial charge >= 0.3 is 0 Å². The third kappa shape index (κ3) is 3.13. The molecule has 8 heteroatoms. The van der Waals surface area contributed by atoms with Crippen LogP contribution in [0.2, 0.25) is 0 Å². The van der Waals surface area contributed by atoms with Crippen molar-refractivity contribution >= 4 is 31.8 Å². The smallest absolute Gasteiger partial charge is 0.243 e. The molecule has 1 heterocycles. The van der Waals surface area contributed by atoms with E-state index in [1.165, 1.54) is 4.31 Å². The van der Waals surface area contributed by atoms with E-state index in [2.05, 4.69) is 21.1 Å². The lowest BCUT2D eigenvalue weighted by Crippen LogP contribution is -2.44. The zero-order chi connectivity index (χ0) is 14.8. The molecule has 0 radical (unpaired) electrons. The van der Waals surface area contributed by atoms with E-state index < -0.39 is 10.0 Å². The monoisotopic (exact) mass is 361 g/mol. The molecule has 0 bridgehead atoms. The molecule has 1 unspecified atom stereocenters. The molecule has 2 rings (SSSR count). The largest absolute Gasteiger partial charge is 0.409 e. The average Bonchev–Trinajstić information content (AvgIpc) is 2.47. The van der Waals surface area contributed by atoms with Gasteiger partial charge in [-0.15, -0.1) is 0 Å². The molecule has 1 atom stereocenters. The minimum Gasteiger partial charge on any atom is -0.409 e. The van der Waals surface area contributed by atoms with E-state index in [9.17, 15) is 8.42 Å². The van der Waals surface area contributed by atoms with Crippen molar-refractivity contribution in [1.29, 1.82) is 0 Å². The normalized spacial score (nSPS) is 21.9. The fraction of sp³-hybridized carbons (Fsp3) is 0.417. The van der Waals surface area contributed by atoms with Crippen molar-refractivity contribution in [3.63, 3.8) is 0 Å². The van der Waals surface area contributed by atoms with Gasteiger partial charge in [-0.1, -0.05) is 21.1 Å². The van der Waals surface area contributed by atoms with Crippen LogP contribution < -0.4 is 5.73 Å². The predicted octanol–water partition coefficient (Wildman–Crippen LogP) is 1.60. The summed E-state index contributed by atoms with van der Waals surface area (Å²) in [4.78, 5) is 0.251. The molecule has 0 aromatic heterocycles. The fourth-order valence-corrected chi connectivity index (χ4v) is 4.03. The Morgan fingerprint density at radius 3 is 2.65 bits per heavy atom. The first kappa shape index (κ1) is 15.3. The van der Waals surface area contributed by atoms with E-state index in [1.54, 1.807) is 24.3 Å². The summed E-state index contributed by atoms with van der Waals surface area (Å²) < 4.78 is 27.3. The third-order valence-corrected chi connectivity index (χ3v) is 5.78. The summed E-state index contributed by atoms with van der Waals surface area (Å²) >= 11 is 3.28. The quantitative estimate of drug-likeness (QED) is 0.369. The molecule has 0 aliphatic carbocycles. The number of hydrogen-bond donors (Lipinski definition) is 2. The highest BCUT2D eigenvalue weighted by Gasteiger charge is 2.31. The lowest BCUT2D eigenvalue weighted by Gasteiger charge is -2.31. The van der Waals surface area contributed by atoms with Crippen LogP contribution in [0.15, 0.2) is 38.8 Å². The third-order valence-electron chi connectivity index (χ3n) is 3.37. The second-order valence-electron chi connectivity index (χ2n) is 4.68. The average molecular weight is 362 g/mol. The second-order valence-corrected chi connectivity index (χ2v) is 7.53. The van der Waals surface area contributed by atoms with E-state index in [1.807, 2.05) is 0 Å². The lowest BCUT2D eigenvalue weighted by atomic mass is 9.99. The van der Waals surface area contributed by atoms with Crippen LogP contribution >= 0.6 is 15.9 Å². The fourth-order valence-electron chi connectivity index (χ4n) is 2.24. The van der Waals surface area contributed by atoms with Crippen LogP contribution in [0.3, 0.4) is 0 Å². The van der Waals surface area contributed by atoms with E-state index in [0.717, 1.165) is 10.9 Å². The van der Waals surface area contributed by atoms with Crippen molar-refractivity contribution in [1.82, 2.24) is 4.31 Å². The van der Waals surface area contributed by atoms with Crippen LogP contribution in [0.25, 0.3) is 0 Å². The zero-order valence-electron chi connectivity index (χ0n) is 10.7. The molecular formula is C12H16BrN3O3S. The van der Waals surface area contributed by atoms with Gasteiger partial charge in [-0.3, -0.25) is 0 Å². The number of sulfonamides is 1. The first-order valence-electron chi connectivity index (χ1n) is 6.18. The molecule has 0 amide bonds. The van der Waals surface area contributed by atoms with E-state index in [-0.39, 0.29) is 23.2 Å². The van der Waals surface area contributed by atoms with Gasteiger partial charge in [0.2, 0.25) is 10.0 Å². The Kier molecular flexibility index (Phi) is 4.66. The van der Waals surface area contributed by atoms with Crippen molar-refractivity contribution in [3.8, 4) is 0 Å². The van der Waals surface area contributed by atoms with Gasteiger partial charge in [-0.2, -0.15) is 4.31 Å². The lowest BCUT2D eigenvalue weighted by molar-refractivity contribution is 0.287. The molecule has 0 saturated carbocycles. The first-order valence-corrected chi connectivity index (χ1v) is 8.41. The van der Waals surface area contributed by atoms with E-state index in [4.69, 9.17) is 10.9 Å². The highest BCUT2D eigenvalue weighted by Crippen LogP contribution is 2.24. The molecule has 1 saturated heterocycles. The number of nitrogens with two attached hydrogens (primary N) is 1. The number of halogens is 1. The number of piperidine rings is 1. The number of rotatable bonds is 3. The van der Waals surface area contributed by atoms with Crippen molar-refractivity contribution in [2.24, 2.45) is 16.8 Å². The molecule has 1 aliphatic heterocycles. The van der Waals surface area contributed by atoms with Crippen LogP contribution in [0.5, 0.6) is 0 Å². The van der Waals surface area contributed by atoms with Gasteiger partial charge in [0.1, 0.15) is 5.84 Å². The molecule has 110 valence electrons. The molecule has 1 aromatic carbocycles. The maximum atomic E-state index is 12.5. The first-order chi connectivity index (χ1) is 9.45. The summed E-state index contributed by atoms with van der Waals surface area (Å²) in [6, 6.07) is 6.51. The zero-order valence-corrected chi connectivity index (χ0v) is 13.1. The van der Waals surface area contributed by atoms with E-state index in [0.29, 0.717) is 13.0 Å². The predicted molar refractivity (Wildman–Crippen MR) is 79.0 cm³/mol. The molecule has 1 fully saturated rings. The minimum atomic E-state index is -3.53. The summed E-state index contributed by atoms with van der Waals surface area (Å²) in [7, 11) is -3.53. The van der Waals surface area contributed by atoms with Crippen LogP contribution in [0.1, 0.15) is 12.8 Å². The maximum Gasteiger partial charge on any atom is 0.243 e. The molecule has 1 aliphatic rings. The molecule has 3 N–H and O–H groups in total. The Balaban J connectivity index is 2.23. The van der Waals surface area contributed by atoms with E-state index >= 15 is 0 Å². The Morgan fingerprint density at radius 2 is 2.05 bits per heavy atom. The minimum absolute atomic E-state index is 0.0840. The van der Waals surface area contributed by atoms with Crippen LogP contribution in [0.4, 0.5) is 0 Å². The number of benzene rings is 1. The van der Waals surface area contributed by atoms with Crippen molar-refractivity contribution in [3.05, 3.63) is 28.7 Å². The topological polar surface area (TPSA) is 96.0 Å². The molecule has 20 heavy (non-hydrogen) atoms.